The fraction of sp³-hybridized carbons (Fsp3) is 0.769. The van der Waals surface area contributed by atoms with E-state index in [2.05, 4.69) is 33.9 Å². The minimum absolute atomic E-state index is 0.243. The number of hydrogen-bond acceptors (Lipinski definition) is 3. The zero-order valence-electron chi connectivity index (χ0n) is 12.0. The van der Waals surface area contributed by atoms with E-state index in [0.29, 0.717) is 6.61 Å². The van der Waals surface area contributed by atoms with Gasteiger partial charge >= 0.3 is 5.97 Å². The van der Waals surface area contributed by atoms with Gasteiger partial charge in [0.25, 0.3) is 0 Å². The van der Waals surface area contributed by atoms with Crippen molar-refractivity contribution in [1.29, 1.82) is 0 Å². The van der Waals surface area contributed by atoms with E-state index in [9.17, 15) is 4.79 Å². The van der Waals surface area contributed by atoms with Gasteiger partial charge in [0.15, 0.2) is 8.32 Å². The van der Waals surface area contributed by atoms with Gasteiger partial charge in [-0.15, -0.1) is 0 Å². The molecule has 3 nitrogen and oxygen atoms in total. The highest BCUT2D eigenvalue weighted by Crippen LogP contribution is 2.36. The van der Waals surface area contributed by atoms with Crippen LogP contribution in [-0.4, -0.2) is 27.5 Å². The molecule has 0 aliphatic carbocycles. The van der Waals surface area contributed by atoms with Gasteiger partial charge in [0, 0.05) is 13.5 Å². The maximum absolute atomic E-state index is 10.5. The van der Waals surface area contributed by atoms with Crippen LogP contribution >= 0.6 is 0 Å². The number of carbonyl (C=O) groups excluding carboxylic acids is 1. The third kappa shape index (κ3) is 7.34. The molecule has 0 N–H and O–H groups in total. The van der Waals surface area contributed by atoms with Crippen molar-refractivity contribution in [3.8, 4) is 0 Å². The molecule has 0 radical (unpaired) electrons. The molecule has 0 aromatic rings. The SMILES string of the molecule is CC(=O)OC/C=C\CCO[Si](C)(C)C(C)(C)C. The number of ether oxygens (including phenoxy) is 1. The Labute approximate surface area is 106 Å². The Morgan fingerprint density at radius 1 is 1.24 bits per heavy atom. The second-order valence-electron chi connectivity index (χ2n) is 5.67. The predicted molar refractivity (Wildman–Crippen MR) is 73.5 cm³/mol. The molecule has 0 aliphatic heterocycles. The van der Waals surface area contributed by atoms with Crippen molar-refractivity contribution in [1.82, 2.24) is 0 Å². The minimum Gasteiger partial charge on any atom is -0.462 e. The van der Waals surface area contributed by atoms with Crippen LogP contribution in [0.2, 0.25) is 18.1 Å². The van der Waals surface area contributed by atoms with E-state index in [1.807, 2.05) is 12.2 Å². The Balaban J connectivity index is 3.75. The number of carbonyl (C=O) groups is 1. The summed E-state index contributed by atoms with van der Waals surface area (Å²) in [6.07, 6.45) is 4.72. The summed E-state index contributed by atoms with van der Waals surface area (Å²) in [5.74, 6) is -0.243. The molecule has 0 unspecified atom stereocenters. The molecule has 0 heterocycles. The molecule has 0 spiro atoms. The van der Waals surface area contributed by atoms with Gasteiger partial charge in [-0.05, 0) is 24.6 Å². The Bertz CT molecular complexity index is 264. The minimum atomic E-state index is -1.61. The van der Waals surface area contributed by atoms with Gasteiger partial charge < -0.3 is 9.16 Å². The van der Waals surface area contributed by atoms with Gasteiger partial charge in [-0.2, -0.15) is 0 Å². The topological polar surface area (TPSA) is 35.5 Å². The zero-order chi connectivity index (χ0) is 13.5. The molecule has 0 saturated carbocycles. The summed E-state index contributed by atoms with van der Waals surface area (Å²) in [5.41, 5.74) is 0. The molecule has 0 amide bonds. The Kier molecular flexibility index (Phi) is 6.71. The lowest BCUT2D eigenvalue weighted by Crippen LogP contribution is -2.40. The van der Waals surface area contributed by atoms with Gasteiger partial charge in [0.1, 0.15) is 6.61 Å². The van der Waals surface area contributed by atoms with E-state index in [1.54, 1.807) is 0 Å². The first-order valence-electron chi connectivity index (χ1n) is 6.09. The second-order valence-corrected chi connectivity index (χ2v) is 10.5. The van der Waals surface area contributed by atoms with Gasteiger partial charge in [0.2, 0.25) is 0 Å². The summed E-state index contributed by atoms with van der Waals surface area (Å²) in [6.45, 7) is 13.7. The summed E-state index contributed by atoms with van der Waals surface area (Å²) in [7, 11) is -1.61. The van der Waals surface area contributed by atoms with Crippen LogP contribution in [0.1, 0.15) is 34.1 Å². The molecule has 4 heteroatoms. The molecule has 0 aliphatic rings. The summed E-state index contributed by atoms with van der Waals surface area (Å²) in [4.78, 5) is 10.5. The van der Waals surface area contributed by atoms with Crippen molar-refractivity contribution in [2.75, 3.05) is 13.2 Å². The lowest BCUT2D eigenvalue weighted by molar-refractivity contribution is -0.139. The van der Waals surface area contributed by atoms with Crippen LogP contribution in [0.15, 0.2) is 12.2 Å². The fourth-order valence-electron chi connectivity index (χ4n) is 0.950. The molecule has 100 valence electrons. The lowest BCUT2D eigenvalue weighted by Gasteiger charge is -2.36. The van der Waals surface area contributed by atoms with E-state index in [1.165, 1.54) is 6.92 Å². The van der Waals surface area contributed by atoms with Gasteiger partial charge in [-0.25, -0.2) is 0 Å². The molecule has 0 saturated heterocycles. The Morgan fingerprint density at radius 2 is 1.82 bits per heavy atom. The fourth-order valence-corrected chi connectivity index (χ4v) is 2.01. The van der Waals surface area contributed by atoms with Crippen molar-refractivity contribution in [2.45, 2.75) is 52.2 Å². The highest BCUT2D eigenvalue weighted by atomic mass is 28.4. The van der Waals surface area contributed by atoms with Crippen molar-refractivity contribution in [2.24, 2.45) is 0 Å². The third-order valence-electron chi connectivity index (χ3n) is 3.10. The van der Waals surface area contributed by atoms with Crippen LogP contribution in [0.5, 0.6) is 0 Å². The molecular formula is C13H26O3Si. The standard InChI is InChI=1S/C13H26O3Si/c1-12(14)15-10-8-7-9-11-16-17(5,6)13(2,3)4/h7-8H,9-11H2,1-6H3/b8-7-. The quantitative estimate of drug-likeness (QED) is 0.316. The molecule has 17 heavy (non-hydrogen) atoms. The van der Waals surface area contributed by atoms with Gasteiger partial charge in [-0.3, -0.25) is 4.79 Å². The first-order valence-corrected chi connectivity index (χ1v) is 9.00. The van der Waals surface area contributed by atoms with Crippen molar-refractivity contribution in [3.63, 3.8) is 0 Å². The Morgan fingerprint density at radius 3 is 2.29 bits per heavy atom. The molecule has 0 bridgehead atoms. The summed E-state index contributed by atoms with van der Waals surface area (Å²) in [5, 5.41) is 0.258. The number of hydrogen-bond donors (Lipinski definition) is 0. The van der Waals surface area contributed by atoms with Crippen molar-refractivity contribution < 1.29 is 14.0 Å². The van der Waals surface area contributed by atoms with Crippen molar-refractivity contribution in [3.05, 3.63) is 12.2 Å². The normalized spacial score (nSPS) is 13.1. The second kappa shape index (κ2) is 6.96. The van der Waals surface area contributed by atoms with Crippen molar-refractivity contribution >= 4 is 14.3 Å². The highest BCUT2D eigenvalue weighted by Gasteiger charge is 2.36. The average Bonchev–Trinajstić information content (AvgIpc) is 2.13. The number of rotatable bonds is 6. The third-order valence-corrected chi connectivity index (χ3v) is 7.64. The Hall–Kier alpha value is -0.613. The predicted octanol–water partition coefficient (Wildman–Crippen LogP) is 3.52. The molecule has 0 aromatic carbocycles. The first-order chi connectivity index (χ1) is 7.67. The molecule has 0 fully saturated rings. The van der Waals surface area contributed by atoms with E-state index < -0.39 is 8.32 Å². The maximum atomic E-state index is 10.5. The molecule has 0 rings (SSSR count). The average molecular weight is 258 g/mol. The van der Waals surface area contributed by atoms with Crippen LogP contribution in [0, 0.1) is 0 Å². The molecular weight excluding hydrogens is 232 g/mol. The van der Waals surface area contributed by atoms with Crippen LogP contribution < -0.4 is 0 Å². The van der Waals surface area contributed by atoms with E-state index in [-0.39, 0.29) is 11.0 Å². The lowest BCUT2D eigenvalue weighted by atomic mass is 10.2. The van der Waals surface area contributed by atoms with Gasteiger partial charge in [0.05, 0.1) is 0 Å². The van der Waals surface area contributed by atoms with Crippen LogP contribution in [-0.2, 0) is 14.0 Å². The molecule has 0 aromatic heterocycles. The van der Waals surface area contributed by atoms with E-state index in [4.69, 9.17) is 9.16 Å². The maximum Gasteiger partial charge on any atom is 0.302 e. The smallest absolute Gasteiger partial charge is 0.302 e. The van der Waals surface area contributed by atoms with Crippen LogP contribution in [0.3, 0.4) is 0 Å². The number of esters is 1. The largest absolute Gasteiger partial charge is 0.462 e. The zero-order valence-corrected chi connectivity index (χ0v) is 13.0. The van der Waals surface area contributed by atoms with Gasteiger partial charge in [-0.1, -0.05) is 32.9 Å². The van der Waals surface area contributed by atoms with E-state index >= 15 is 0 Å². The summed E-state index contributed by atoms with van der Waals surface area (Å²) >= 11 is 0. The molecule has 0 atom stereocenters. The summed E-state index contributed by atoms with van der Waals surface area (Å²) < 4.78 is 10.8. The van der Waals surface area contributed by atoms with Crippen LogP contribution in [0.25, 0.3) is 0 Å². The monoisotopic (exact) mass is 258 g/mol. The van der Waals surface area contributed by atoms with Crippen LogP contribution in [0.4, 0.5) is 0 Å². The summed E-state index contributed by atoms with van der Waals surface area (Å²) in [6, 6.07) is 0. The van der Waals surface area contributed by atoms with E-state index in [0.717, 1.165) is 13.0 Å². The highest BCUT2D eigenvalue weighted by molar-refractivity contribution is 6.74. The first kappa shape index (κ1) is 16.4.